The van der Waals surface area contributed by atoms with Gasteiger partial charge in [0, 0.05) is 45.7 Å². The van der Waals surface area contributed by atoms with Crippen LogP contribution in [0.3, 0.4) is 0 Å². The number of hydrogen-bond acceptors (Lipinski definition) is 5. The molecule has 7 heteroatoms. The fraction of sp³-hybridized carbons (Fsp3) is 0.812. The van der Waals surface area contributed by atoms with Crippen LogP contribution in [-0.4, -0.2) is 70.7 Å². The summed E-state index contributed by atoms with van der Waals surface area (Å²) in [5.41, 5.74) is 0. The van der Waals surface area contributed by atoms with Crippen LogP contribution in [0.5, 0.6) is 0 Å². The standard InChI is InChI=1S/C16H25N5O2/c1-19(2)16(22)21-8-11-3-6-13(9-21)20(7-11)10-14-17-18-15(23-14)12-4-5-12/h11-13H,3-10H2,1-2H3/t11-,13-/m1/s1. The first kappa shape index (κ1) is 14.9. The molecule has 7 nitrogen and oxygen atoms in total. The molecular weight excluding hydrogens is 294 g/mol. The molecule has 0 aromatic carbocycles. The van der Waals surface area contributed by atoms with Gasteiger partial charge >= 0.3 is 6.03 Å². The average molecular weight is 319 g/mol. The van der Waals surface area contributed by atoms with Crippen molar-refractivity contribution in [3.05, 3.63) is 11.8 Å². The van der Waals surface area contributed by atoms with Gasteiger partial charge in [0.25, 0.3) is 0 Å². The van der Waals surface area contributed by atoms with Crippen LogP contribution in [0.2, 0.25) is 0 Å². The summed E-state index contributed by atoms with van der Waals surface area (Å²) in [5.74, 6) is 2.59. The molecule has 4 heterocycles. The molecule has 0 N–H and O–H groups in total. The number of amides is 2. The van der Waals surface area contributed by atoms with Crippen molar-refractivity contribution >= 4 is 6.03 Å². The van der Waals surface area contributed by atoms with Crippen LogP contribution in [-0.2, 0) is 6.54 Å². The molecule has 3 saturated heterocycles. The van der Waals surface area contributed by atoms with Gasteiger partial charge < -0.3 is 14.2 Å². The molecule has 4 fully saturated rings. The Morgan fingerprint density at radius 3 is 2.74 bits per heavy atom. The molecule has 1 aliphatic carbocycles. The van der Waals surface area contributed by atoms with Crippen molar-refractivity contribution in [2.45, 2.75) is 44.2 Å². The second kappa shape index (κ2) is 5.78. The quantitative estimate of drug-likeness (QED) is 0.845. The molecule has 2 atom stereocenters. The second-order valence-electron chi connectivity index (χ2n) is 7.42. The number of carbonyl (C=O) groups is 1. The van der Waals surface area contributed by atoms with E-state index in [1.807, 2.05) is 19.0 Å². The summed E-state index contributed by atoms with van der Waals surface area (Å²) in [4.78, 5) is 18.4. The van der Waals surface area contributed by atoms with Crippen molar-refractivity contribution in [1.29, 1.82) is 0 Å². The average Bonchev–Trinajstić information content (AvgIpc) is 3.32. The van der Waals surface area contributed by atoms with Crippen LogP contribution in [0.15, 0.2) is 4.42 Å². The predicted octanol–water partition coefficient (Wildman–Crippen LogP) is 1.52. The Morgan fingerprint density at radius 2 is 2.00 bits per heavy atom. The molecule has 0 radical (unpaired) electrons. The van der Waals surface area contributed by atoms with Crippen molar-refractivity contribution in [2.75, 3.05) is 33.7 Å². The second-order valence-corrected chi connectivity index (χ2v) is 7.42. The maximum Gasteiger partial charge on any atom is 0.319 e. The van der Waals surface area contributed by atoms with E-state index in [-0.39, 0.29) is 6.03 Å². The number of hydrogen-bond donors (Lipinski definition) is 0. The molecule has 1 aromatic rings. The van der Waals surface area contributed by atoms with Crippen LogP contribution in [0.25, 0.3) is 0 Å². The predicted molar refractivity (Wildman–Crippen MR) is 83.9 cm³/mol. The van der Waals surface area contributed by atoms with Gasteiger partial charge in [-0.05, 0) is 31.6 Å². The van der Waals surface area contributed by atoms with E-state index in [0.717, 1.165) is 37.8 Å². The van der Waals surface area contributed by atoms with E-state index in [0.29, 0.717) is 24.4 Å². The first-order chi connectivity index (χ1) is 11.1. The highest BCUT2D eigenvalue weighted by Crippen LogP contribution is 2.39. The lowest BCUT2D eigenvalue weighted by Gasteiger charge is -2.34. The topological polar surface area (TPSA) is 65.7 Å². The Balaban J connectivity index is 1.44. The van der Waals surface area contributed by atoms with Crippen LogP contribution < -0.4 is 0 Å². The summed E-state index contributed by atoms with van der Waals surface area (Å²) in [6.45, 7) is 3.40. The van der Waals surface area contributed by atoms with E-state index >= 15 is 0 Å². The molecular formula is C16H25N5O2. The smallest absolute Gasteiger partial charge is 0.319 e. The molecule has 23 heavy (non-hydrogen) atoms. The summed E-state index contributed by atoms with van der Waals surface area (Å²) in [5, 5.41) is 8.40. The highest BCUT2D eigenvalue weighted by atomic mass is 16.4. The van der Waals surface area contributed by atoms with Gasteiger partial charge in [0.05, 0.1) is 6.54 Å². The zero-order valence-electron chi connectivity index (χ0n) is 13.9. The highest BCUT2D eigenvalue weighted by Gasteiger charge is 2.37. The molecule has 126 valence electrons. The first-order valence-electron chi connectivity index (χ1n) is 8.62. The lowest BCUT2D eigenvalue weighted by molar-refractivity contribution is 0.111. The Hall–Kier alpha value is -1.63. The molecule has 5 rings (SSSR count). The van der Waals surface area contributed by atoms with Crippen molar-refractivity contribution < 1.29 is 9.21 Å². The van der Waals surface area contributed by atoms with Crippen LogP contribution in [0, 0.1) is 5.92 Å². The Bertz CT molecular complexity index is 583. The Labute approximate surface area is 136 Å². The number of piperidine rings is 1. The minimum Gasteiger partial charge on any atom is -0.424 e. The fourth-order valence-corrected chi connectivity index (χ4v) is 3.81. The minimum absolute atomic E-state index is 0.123. The van der Waals surface area contributed by atoms with Gasteiger partial charge in [0.1, 0.15) is 0 Å². The van der Waals surface area contributed by atoms with Gasteiger partial charge in [-0.3, -0.25) is 4.90 Å². The van der Waals surface area contributed by atoms with Gasteiger partial charge in [-0.1, -0.05) is 0 Å². The van der Waals surface area contributed by atoms with Gasteiger partial charge in [0.2, 0.25) is 11.8 Å². The van der Waals surface area contributed by atoms with Gasteiger partial charge in [-0.25, -0.2) is 4.79 Å². The van der Waals surface area contributed by atoms with Gasteiger partial charge in [0.15, 0.2) is 0 Å². The molecule has 2 amide bonds. The fourth-order valence-electron chi connectivity index (χ4n) is 3.81. The van der Waals surface area contributed by atoms with E-state index in [2.05, 4.69) is 15.1 Å². The summed E-state index contributed by atoms with van der Waals surface area (Å²) >= 11 is 0. The molecule has 0 spiro atoms. The summed E-state index contributed by atoms with van der Waals surface area (Å²) < 4.78 is 5.82. The van der Waals surface area contributed by atoms with E-state index < -0.39 is 0 Å². The molecule has 3 aliphatic heterocycles. The Morgan fingerprint density at radius 1 is 1.17 bits per heavy atom. The molecule has 1 aromatic heterocycles. The van der Waals surface area contributed by atoms with Gasteiger partial charge in [-0.15, -0.1) is 10.2 Å². The lowest BCUT2D eigenvalue weighted by atomic mass is 9.95. The summed E-state index contributed by atoms with van der Waals surface area (Å²) in [6.07, 6.45) is 4.70. The van der Waals surface area contributed by atoms with E-state index in [1.54, 1.807) is 4.90 Å². The zero-order chi connectivity index (χ0) is 16.0. The van der Waals surface area contributed by atoms with Crippen LogP contribution in [0.1, 0.15) is 43.4 Å². The molecule has 1 saturated carbocycles. The maximum absolute atomic E-state index is 12.3. The highest BCUT2D eigenvalue weighted by molar-refractivity contribution is 5.74. The minimum atomic E-state index is 0.123. The van der Waals surface area contributed by atoms with Crippen molar-refractivity contribution in [3.63, 3.8) is 0 Å². The van der Waals surface area contributed by atoms with E-state index in [1.165, 1.54) is 19.3 Å². The molecule has 4 aliphatic rings. The van der Waals surface area contributed by atoms with Crippen molar-refractivity contribution in [1.82, 2.24) is 24.9 Å². The third-order valence-corrected chi connectivity index (χ3v) is 5.23. The molecule has 0 unspecified atom stereocenters. The van der Waals surface area contributed by atoms with Crippen LogP contribution >= 0.6 is 0 Å². The largest absolute Gasteiger partial charge is 0.424 e. The maximum atomic E-state index is 12.3. The first-order valence-corrected chi connectivity index (χ1v) is 8.62. The van der Waals surface area contributed by atoms with Crippen molar-refractivity contribution in [2.24, 2.45) is 5.92 Å². The summed E-state index contributed by atoms with van der Waals surface area (Å²) in [6, 6.07) is 0.520. The van der Waals surface area contributed by atoms with Crippen molar-refractivity contribution in [3.8, 4) is 0 Å². The number of rotatable bonds is 3. The van der Waals surface area contributed by atoms with E-state index in [9.17, 15) is 4.79 Å². The third-order valence-electron chi connectivity index (χ3n) is 5.23. The number of aromatic nitrogens is 2. The summed E-state index contributed by atoms with van der Waals surface area (Å²) in [7, 11) is 3.65. The SMILES string of the molecule is CN(C)C(=O)N1C[C@@H]2CC[C@H](C1)N(Cc1nnc(C3CC3)o1)C2. The molecule has 2 bridgehead atoms. The lowest BCUT2D eigenvalue weighted by Crippen LogP contribution is -2.45. The third kappa shape index (κ3) is 3.06. The number of urea groups is 1. The number of carbonyl (C=O) groups excluding carboxylic acids is 1. The normalized spacial score (nSPS) is 28.0. The van der Waals surface area contributed by atoms with Crippen LogP contribution in [0.4, 0.5) is 4.79 Å². The van der Waals surface area contributed by atoms with E-state index in [4.69, 9.17) is 4.42 Å². The number of nitrogens with zero attached hydrogens (tertiary/aromatic N) is 5. The Kier molecular flexibility index (Phi) is 3.75. The van der Waals surface area contributed by atoms with Gasteiger partial charge in [-0.2, -0.15) is 0 Å². The zero-order valence-corrected chi connectivity index (χ0v) is 13.9. The monoisotopic (exact) mass is 319 g/mol. The number of fused-ring (bicyclic) bond motifs is 4.